The number of allylic oxidation sites excluding steroid dienone is 1. The van der Waals surface area contributed by atoms with Gasteiger partial charge in [0.15, 0.2) is 28.0 Å². The number of phenolic OH excluding ortho intramolecular Hbond substituents is 3. The summed E-state index contributed by atoms with van der Waals surface area (Å²) in [4.78, 5) is 124. The van der Waals surface area contributed by atoms with Crippen molar-refractivity contribution in [2.45, 2.75) is 75.0 Å². The summed E-state index contributed by atoms with van der Waals surface area (Å²) in [5.41, 5.74) is 26.6. The molecule has 0 radical (unpaired) electrons. The number of nitro groups is 5. The third-order valence-electron chi connectivity index (χ3n) is 19.9. The van der Waals surface area contributed by atoms with Gasteiger partial charge in [0.05, 0.1) is 42.1 Å². The third kappa shape index (κ3) is 21.2. The minimum absolute atomic E-state index is 0.0332. The molecule has 672 valence electrons. The summed E-state index contributed by atoms with van der Waals surface area (Å²) in [7, 11) is 1.45. The number of nitrogen functional groups attached to an aromatic ring is 2. The molecule has 130 heavy (non-hydrogen) atoms. The molecule has 0 fully saturated rings. The highest BCUT2D eigenvalue weighted by molar-refractivity contribution is 6.66. The number of nitrogens with one attached hydrogen (secondary N) is 5. The van der Waals surface area contributed by atoms with Gasteiger partial charge in [-0.15, -0.1) is 4.99 Å². The smallest absolute Gasteiger partial charge is 0.387 e. The number of carbonyl (C=O) groups is 5. The van der Waals surface area contributed by atoms with E-state index in [-0.39, 0.29) is 69.0 Å². The molecule has 13 N–H and O–H groups in total. The van der Waals surface area contributed by atoms with E-state index in [9.17, 15) is 74.5 Å². The van der Waals surface area contributed by atoms with Crippen LogP contribution in [0.4, 0.5) is 45.5 Å². The van der Waals surface area contributed by atoms with E-state index in [2.05, 4.69) is 59.4 Å². The summed E-state index contributed by atoms with van der Waals surface area (Å²) < 4.78 is 23.7. The number of aromatic nitrogens is 6. The van der Waals surface area contributed by atoms with E-state index >= 15 is 0 Å². The Morgan fingerprint density at radius 1 is 0.477 bits per heavy atom. The van der Waals surface area contributed by atoms with Gasteiger partial charge in [-0.3, -0.25) is 74.5 Å². The number of anilines is 3. The van der Waals surface area contributed by atoms with Crippen LogP contribution in [0.15, 0.2) is 190 Å². The topological polar surface area (TPSA) is 605 Å². The normalized spacial score (nSPS) is 11.9. The summed E-state index contributed by atoms with van der Waals surface area (Å²) in [6.07, 6.45) is 2.26. The maximum Gasteiger partial charge on any atom is 0.387 e. The molecule has 18 rings (SSSR count). The average molecular weight is 1800 g/mol. The van der Waals surface area contributed by atoms with Crippen LogP contribution in [-0.2, 0) is 39.2 Å². The number of phenols is 3. The van der Waals surface area contributed by atoms with E-state index in [1.165, 1.54) is 50.4 Å². The number of nitro benzene ring substituents is 5. The number of nitrogens with zero attached hydrogens (tertiary/aromatic N) is 11. The van der Waals surface area contributed by atoms with Gasteiger partial charge in [-0.1, -0.05) is 62.4 Å². The Balaban J connectivity index is 0.000000163. The van der Waals surface area contributed by atoms with Crippen LogP contribution in [-0.4, -0.2) is 129 Å². The lowest BCUT2D eigenvalue weighted by atomic mass is 10.1. The van der Waals surface area contributed by atoms with Crippen LogP contribution in [0.3, 0.4) is 0 Å². The molecular weight excluding hydrogens is 1720 g/mol. The average Bonchev–Trinajstić information content (AvgIpc) is 1.62. The molecule has 4 amide bonds. The molecule has 42 nitrogen and oxygen atoms in total. The van der Waals surface area contributed by atoms with Crippen LogP contribution < -0.4 is 38.2 Å². The van der Waals surface area contributed by atoms with Crippen LogP contribution in [0.5, 0.6) is 17.2 Å². The summed E-state index contributed by atoms with van der Waals surface area (Å²) in [6, 6.07) is 43.2. The molecule has 0 bridgehead atoms. The second-order valence-corrected chi connectivity index (χ2v) is 28.5. The number of hydrogen-bond acceptors (Lipinski definition) is 30. The molecule has 0 saturated heterocycles. The van der Waals surface area contributed by atoms with Crippen molar-refractivity contribution in [3.63, 3.8) is 0 Å². The van der Waals surface area contributed by atoms with Crippen molar-refractivity contribution >= 4 is 152 Å². The van der Waals surface area contributed by atoms with E-state index in [0.717, 1.165) is 86.3 Å². The van der Waals surface area contributed by atoms with E-state index in [1.54, 1.807) is 32.9 Å². The number of amides is 4. The van der Waals surface area contributed by atoms with Crippen molar-refractivity contribution in [3.05, 3.63) is 278 Å². The fraction of sp³-hybridized carbons (Fsp3) is 0.172. The number of nitrogens with two attached hydrogens (primary N) is 2. The van der Waals surface area contributed by atoms with Crippen molar-refractivity contribution in [1.29, 1.82) is 0 Å². The van der Waals surface area contributed by atoms with Crippen molar-refractivity contribution in [3.8, 4) is 51.6 Å². The Morgan fingerprint density at radius 3 is 1.24 bits per heavy atom. The predicted molar refractivity (Wildman–Crippen MR) is 482 cm³/mol. The number of benzene rings is 9. The van der Waals surface area contributed by atoms with Gasteiger partial charge < -0.3 is 75.0 Å². The first-order valence-electron chi connectivity index (χ1n) is 39.0. The zero-order valence-corrected chi connectivity index (χ0v) is 71.4. The molecule has 6 aromatic heterocycles. The number of aryl methyl sites for hydroxylation is 6. The van der Waals surface area contributed by atoms with Crippen molar-refractivity contribution in [2.24, 2.45) is 0 Å². The highest BCUT2D eigenvalue weighted by atomic mass is 35.5. The van der Waals surface area contributed by atoms with Gasteiger partial charge in [0.1, 0.15) is 39.6 Å². The number of rotatable bonds is 13. The first-order valence-corrected chi connectivity index (χ1v) is 39.4. The molecule has 9 heterocycles. The molecule has 43 heteroatoms. The van der Waals surface area contributed by atoms with Crippen LogP contribution in [0.2, 0.25) is 0 Å². The molecule has 9 aromatic carbocycles. The highest BCUT2D eigenvalue weighted by Gasteiger charge is 2.32. The molecule has 0 atom stereocenters. The fourth-order valence-corrected chi connectivity index (χ4v) is 13.6. The van der Waals surface area contributed by atoms with Crippen LogP contribution in [0.1, 0.15) is 78.7 Å². The molecule has 15 aromatic rings. The number of oxazole rings is 3. The lowest BCUT2D eigenvalue weighted by Gasteiger charge is -2.16. The lowest BCUT2D eigenvalue weighted by Crippen LogP contribution is -2.34. The number of aromatic hydroxyl groups is 3. The summed E-state index contributed by atoms with van der Waals surface area (Å²) in [5, 5.41) is 104. The van der Waals surface area contributed by atoms with Gasteiger partial charge >= 0.3 is 17.1 Å². The van der Waals surface area contributed by atoms with Crippen molar-refractivity contribution < 1.29 is 92.4 Å². The Labute approximate surface area is 739 Å². The standard InChI is InChI=1S/C22H18N4O3.C19H14N4O4.C19H16N4O2.C7H6N2O5.C7H8N2O3.C7H7NO3.C3H3ClO.C2H6.CH5NO3/c1-3-18(27)24-19-12(2)4-7-17-20(19)25-22(29-17)14-6-5-13-10-16-21(28)23-8-9-26(16)15(13)11-14;1-10-2-5-15-16(17(10)23(25)26)21-19(27-15)12-4-3-11-8-14-18(24)20-6-7-22(14)13(11)9-12;1-10-2-5-15-17(16(10)20)22-19(25-15)12-4-3-11-8-14-18(24)21-6-7-23(14)13(11)9-12;1-4-2-3-5(10)7(9(13)14)6(4)8(11)12;1-4-2-3-5(10)6(8)7(4)9(11)12;1-5-2-3-6(9)4-7(5)8(10)11;1-2-3(4)5;1-2;1-2-4-5-3/h3-7,10-11H,1,8-9H2,2H3,(H,23,28)(H,24,27);2-5,8-9H,6-7H2,1H3,(H,20,24);2-5,8-9H,6-7,20H2,1H3,(H,21,24);2-3,10H,1H3;2-3,10H,8H2,1H3;2-4,9H,1H3;2H,1H2;1-2H3;2-3H,1H3. The molecule has 3 aliphatic heterocycles. The molecule has 0 aliphatic carbocycles. The van der Waals surface area contributed by atoms with E-state index in [4.69, 9.17) is 56.9 Å². The maximum atomic E-state index is 12.1. The van der Waals surface area contributed by atoms with Crippen LogP contribution in [0, 0.1) is 92.1 Å². The molecule has 3 aliphatic rings. The minimum atomic E-state index is -0.972. The number of carbonyl (C=O) groups excluding carboxylic acids is 5. The summed E-state index contributed by atoms with van der Waals surface area (Å²) in [6.45, 7) is 24.6. The van der Waals surface area contributed by atoms with E-state index < -0.39 is 47.0 Å². The van der Waals surface area contributed by atoms with Crippen LogP contribution >= 0.6 is 11.6 Å². The summed E-state index contributed by atoms with van der Waals surface area (Å²) in [5.74, 6) is -0.222. The molecule has 0 spiro atoms. The number of halogens is 1. The van der Waals surface area contributed by atoms with E-state index in [1.807, 2.05) is 144 Å². The van der Waals surface area contributed by atoms with Crippen LogP contribution in [0.25, 0.3) is 100 Å². The monoisotopic (exact) mass is 1800 g/mol. The van der Waals surface area contributed by atoms with Gasteiger partial charge in [0.2, 0.25) is 34.6 Å². The lowest BCUT2D eigenvalue weighted by molar-refractivity contribution is -0.512. The largest absolute Gasteiger partial charge is 0.508 e. The zero-order valence-electron chi connectivity index (χ0n) is 70.7. The first kappa shape index (κ1) is 95.4. The Kier molecular flexibility index (Phi) is 30.7. The third-order valence-corrected chi connectivity index (χ3v) is 20.1. The first-order chi connectivity index (χ1) is 62.0. The maximum absolute atomic E-state index is 12.1. The Hall–Kier alpha value is -16.8. The number of hydrogen-bond donors (Lipinski definition) is 11. The highest BCUT2D eigenvalue weighted by Crippen LogP contribution is 2.41. The Morgan fingerprint density at radius 2 is 0.854 bits per heavy atom. The quantitative estimate of drug-likeness (QED) is 0.00971. The number of hydroxylamine groups is 1. The van der Waals surface area contributed by atoms with Gasteiger partial charge in [-0.05, 0) is 192 Å². The van der Waals surface area contributed by atoms with Gasteiger partial charge in [0.25, 0.3) is 29.1 Å². The van der Waals surface area contributed by atoms with E-state index in [0.29, 0.717) is 122 Å². The summed E-state index contributed by atoms with van der Waals surface area (Å²) >= 11 is 4.71. The molecule has 0 saturated carbocycles. The second kappa shape index (κ2) is 41.8. The minimum Gasteiger partial charge on any atom is -0.508 e. The zero-order chi connectivity index (χ0) is 95.0. The number of fused-ring (bicyclic) bond motifs is 12. The SMILES string of the molecule is C=CC(=O)Cl.C=CC(=O)Nc1c(C)ccc2oc(-c3ccc4cc5n(c4c3)CCNC5=O)nc12.CC.CNOOO.Cc1ccc(O)c(N)c1[N+](=O)[O-].Cc1ccc(O)c([N+](=O)[O-])c1[N+](=O)[O-].Cc1ccc(O)cc1[N+](=O)[O-].Cc1ccc2oc(-c3ccc4cc5n(c4c3)CCNC5=O)nc2c1N.Cc1ccc2oc(-c3ccc4cc5n(c4c3)CCNC5=O)nc2c1[N+](=O)[O-]. The van der Waals surface area contributed by atoms with Gasteiger partial charge in [0, 0.05) is 118 Å². The Bertz CT molecular complexity index is 6960. The van der Waals surface area contributed by atoms with Gasteiger partial charge in [-0.25, -0.2) is 20.2 Å². The predicted octanol–water partition coefficient (Wildman–Crippen LogP) is 15.9. The second-order valence-electron chi connectivity index (χ2n) is 28.1. The molecular formula is C87H83ClN18O24. The fourth-order valence-electron chi connectivity index (χ4n) is 13.6. The van der Waals surface area contributed by atoms with Crippen molar-refractivity contribution in [1.82, 2.24) is 50.1 Å². The molecule has 0 unspecified atom stereocenters. The van der Waals surface area contributed by atoms with Gasteiger partial charge in [-0.2, -0.15) is 5.48 Å². The van der Waals surface area contributed by atoms with Crippen molar-refractivity contribution in [2.75, 3.05) is 43.5 Å².